The van der Waals surface area contributed by atoms with Crippen molar-refractivity contribution in [3.8, 4) is 0 Å². The van der Waals surface area contributed by atoms with Gasteiger partial charge in [0.15, 0.2) is 0 Å². The Morgan fingerprint density at radius 1 is 1.35 bits per heavy atom. The highest BCUT2D eigenvalue weighted by Gasteiger charge is 2.23. The minimum absolute atomic E-state index is 0.530. The van der Waals surface area contributed by atoms with Gasteiger partial charge < -0.3 is 9.80 Å². The fourth-order valence-electron chi connectivity index (χ4n) is 2.31. The molecule has 0 aromatic carbocycles. The van der Waals surface area contributed by atoms with E-state index in [1.54, 1.807) is 0 Å². The molecule has 1 unspecified atom stereocenters. The molecule has 4 nitrogen and oxygen atoms in total. The second kappa shape index (κ2) is 5.95. The van der Waals surface area contributed by atoms with Gasteiger partial charge in [0.1, 0.15) is 0 Å². The maximum atomic E-state index is 4.46. The van der Waals surface area contributed by atoms with Gasteiger partial charge in [0.05, 0.1) is 0 Å². The Hall–Kier alpha value is -0.430. The lowest BCUT2D eigenvalue weighted by atomic mass is 10.2. The summed E-state index contributed by atoms with van der Waals surface area (Å²) in [4.78, 5) is 13.7. The summed E-state index contributed by atoms with van der Waals surface area (Å²) in [5.41, 5.74) is 0. The molecule has 1 aromatic rings. The monoisotopic (exact) mass is 346 g/mol. The van der Waals surface area contributed by atoms with Gasteiger partial charge in [-0.05, 0) is 49.0 Å². The lowest BCUT2D eigenvalue weighted by molar-refractivity contribution is 0.327. The van der Waals surface area contributed by atoms with Crippen LogP contribution in [0.2, 0.25) is 0 Å². The molecule has 0 saturated carbocycles. The zero-order chi connectivity index (χ0) is 12.3. The summed E-state index contributed by atoms with van der Waals surface area (Å²) < 4.78 is 1.09. The maximum Gasteiger partial charge on any atom is 0.225 e. The van der Waals surface area contributed by atoms with Gasteiger partial charge in [0.25, 0.3) is 0 Å². The van der Waals surface area contributed by atoms with Crippen molar-refractivity contribution in [1.29, 1.82) is 0 Å². The van der Waals surface area contributed by atoms with Crippen LogP contribution >= 0.6 is 22.6 Å². The van der Waals surface area contributed by atoms with Crippen LogP contribution in [0.3, 0.4) is 0 Å². The third-order valence-corrected chi connectivity index (χ3v) is 3.79. The van der Waals surface area contributed by atoms with E-state index in [-0.39, 0.29) is 0 Å². The molecule has 0 N–H and O–H groups in total. The second-order valence-electron chi connectivity index (χ2n) is 4.57. The molecule has 0 aliphatic carbocycles. The first-order chi connectivity index (χ1) is 8.20. The molecule has 1 aliphatic rings. The van der Waals surface area contributed by atoms with E-state index in [0.717, 1.165) is 35.6 Å². The highest BCUT2D eigenvalue weighted by atomic mass is 127. The number of hydrogen-bond acceptors (Lipinski definition) is 4. The number of nitrogens with zero attached hydrogens (tertiary/aromatic N) is 4. The first kappa shape index (κ1) is 13.0. The topological polar surface area (TPSA) is 32.3 Å². The van der Waals surface area contributed by atoms with E-state index >= 15 is 0 Å². The fraction of sp³-hybridized carbons (Fsp3) is 0.667. The third kappa shape index (κ3) is 3.28. The van der Waals surface area contributed by atoms with Crippen molar-refractivity contribution < 1.29 is 0 Å². The van der Waals surface area contributed by atoms with Crippen LogP contribution in [-0.2, 0) is 0 Å². The molecular formula is C12H19IN4. The van der Waals surface area contributed by atoms with Crippen LogP contribution in [0.15, 0.2) is 12.4 Å². The van der Waals surface area contributed by atoms with Crippen LogP contribution in [0.4, 0.5) is 5.95 Å². The molecule has 94 valence electrons. The second-order valence-corrected chi connectivity index (χ2v) is 5.82. The summed E-state index contributed by atoms with van der Waals surface area (Å²) in [6, 6.07) is 0.530. The fourth-order valence-corrected chi connectivity index (χ4v) is 2.59. The van der Waals surface area contributed by atoms with Gasteiger partial charge in [0.2, 0.25) is 5.95 Å². The molecule has 2 heterocycles. The molecule has 0 bridgehead atoms. The quantitative estimate of drug-likeness (QED) is 0.767. The number of halogens is 1. The van der Waals surface area contributed by atoms with Crippen LogP contribution in [0, 0.1) is 3.57 Å². The molecule has 0 spiro atoms. The summed E-state index contributed by atoms with van der Waals surface area (Å²) >= 11 is 2.24. The van der Waals surface area contributed by atoms with Gasteiger partial charge in [-0.2, -0.15) is 0 Å². The van der Waals surface area contributed by atoms with E-state index in [1.807, 2.05) is 12.4 Å². The van der Waals surface area contributed by atoms with Crippen LogP contribution < -0.4 is 4.90 Å². The van der Waals surface area contributed by atoms with Crippen molar-refractivity contribution in [2.75, 3.05) is 31.6 Å². The molecular weight excluding hydrogens is 327 g/mol. The van der Waals surface area contributed by atoms with E-state index in [0.29, 0.717) is 6.04 Å². The number of likely N-dealkylation sites (N-methyl/N-ethyl adjacent to an activating group) is 1. The minimum Gasteiger partial charge on any atom is -0.337 e. The first-order valence-electron chi connectivity index (χ1n) is 6.13. The van der Waals surface area contributed by atoms with E-state index in [4.69, 9.17) is 0 Å². The molecule has 0 radical (unpaired) electrons. The standard InChI is InChI=1S/C12H19IN4/c1-3-11-9-16(2)5-4-6-17(11)12-14-7-10(13)8-15-12/h7-8,11H,3-6,9H2,1-2H3. The van der Waals surface area contributed by atoms with Crippen LogP contribution in [0.25, 0.3) is 0 Å². The van der Waals surface area contributed by atoms with E-state index in [9.17, 15) is 0 Å². The Labute approximate surface area is 117 Å². The Bertz CT molecular complexity index is 354. The minimum atomic E-state index is 0.530. The molecule has 2 rings (SSSR count). The SMILES string of the molecule is CCC1CN(C)CCCN1c1ncc(I)cn1. The molecule has 17 heavy (non-hydrogen) atoms. The Morgan fingerprint density at radius 3 is 2.71 bits per heavy atom. The summed E-state index contributed by atoms with van der Waals surface area (Å²) in [7, 11) is 2.20. The van der Waals surface area contributed by atoms with Gasteiger partial charge in [-0.25, -0.2) is 9.97 Å². The number of aromatic nitrogens is 2. The third-order valence-electron chi connectivity index (χ3n) is 3.24. The van der Waals surface area contributed by atoms with Crippen LogP contribution in [0.5, 0.6) is 0 Å². The van der Waals surface area contributed by atoms with Gasteiger partial charge in [-0.3, -0.25) is 0 Å². The largest absolute Gasteiger partial charge is 0.337 e. The zero-order valence-electron chi connectivity index (χ0n) is 10.4. The summed E-state index contributed by atoms with van der Waals surface area (Å²) in [6.45, 7) is 5.57. The van der Waals surface area contributed by atoms with Gasteiger partial charge in [0, 0.05) is 35.1 Å². The maximum absolute atomic E-state index is 4.46. The van der Waals surface area contributed by atoms with Crippen molar-refractivity contribution in [3.63, 3.8) is 0 Å². The van der Waals surface area contributed by atoms with Crippen LogP contribution in [-0.4, -0.2) is 47.6 Å². The first-order valence-corrected chi connectivity index (χ1v) is 7.21. The van der Waals surface area contributed by atoms with Crippen molar-refractivity contribution in [3.05, 3.63) is 16.0 Å². The van der Waals surface area contributed by atoms with Gasteiger partial charge in [-0.15, -0.1) is 0 Å². The molecule has 1 atom stereocenters. The number of hydrogen-bond donors (Lipinski definition) is 0. The molecule has 1 aliphatic heterocycles. The highest BCUT2D eigenvalue weighted by Crippen LogP contribution is 2.18. The Balaban J connectivity index is 2.19. The predicted octanol–water partition coefficient (Wildman–Crippen LogP) is 2.00. The number of anilines is 1. The molecule has 1 aromatic heterocycles. The lowest BCUT2D eigenvalue weighted by Crippen LogP contribution is -2.40. The molecule has 5 heteroatoms. The van der Waals surface area contributed by atoms with E-state index in [2.05, 4.69) is 56.3 Å². The molecule has 1 fully saturated rings. The van der Waals surface area contributed by atoms with Crippen molar-refractivity contribution in [2.24, 2.45) is 0 Å². The predicted molar refractivity (Wildman–Crippen MR) is 78.3 cm³/mol. The Morgan fingerprint density at radius 2 is 2.06 bits per heavy atom. The van der Waals surface area contributed by atoms with Gasteiger partial charge >= 0.3 is 0 Å². The molecule has 0 amide bonds. The summed E-state index contributed by atoms with van der Waals surface area (Å²) in [5, 5.41) is 0. The van der Waals surface area contributed by atoms with E-state index in [1.165, 1.54) is 6.42 Å². The average Bonchev–Trinajstić information content (AvgIpc) is 2.52. The average molecular weight is 346 g/mol. The van der Waals surface area contributed by atoms with Crippen molar-refractivity contribution in [2.45, 2.75) is 25.8 Å². The smallest absolute Gasteiger partial charge is 0.225 e. The summed E-state index contributed by atoms with van der Waals surface area (Å²) in [5.74, 6) is 0.882. The number of rotatable bonds is 2. The normalized spacial score (nSPS) is 22.5. The molecule has 1 saturated heterocycles. The van der Waals surface area contributed by atoms with Crippen molar-refractivity contribution >= 4 is 28.5 Å². The zero-order valence-corrected chi connectivity index (χ0v) is 12.6. The van der Waals surface area contributed by atoms with Gasteiger partial charge in [-0.1, -0.05) is 6.92 Å². The van der Waals surface area contributed by atoms with E-state index < -0.39 is 0 Å². The summed E-state index contributed by atoms with van der Waals surface area (Å²) in [6.07, 6.45) is 6.11. The Kier molecular flexibility index (Phi) is 4.55. The highest BCUT2D eigenvalue weighted by molar-refractivity contribution is 14.1. The lowest BCUT2D eigenvalue weighted by Gasteiger charge is -2.30. The van der Waals surface area contributed by atoms with Crippen molar-refractivity contribution in [1.82, 2.24) is 14.9 Å². The van der Waals surface area contributed by atoms with Crippen LogP contribution in [0.1, 0.15) is 19.8 Å².